The molecule has 0 atom stereocenters. The summed E-state index contributed by atoms with van der Waals surface area (Å²) in [6, 6.07) is 8.03. The smallest absolute Gasteiger partial charge is 0.240 e. The van der Waals surface area contributed by atoms with Crippen LogP contribution >= 0.6 is 0 Å². The summed E-state index contributed by atoms with van der Waals surface area (Å²) >= 11 is 0. The fourth-order valence-corrected chi connectivity index (χ4v) is 1.52. The van der Waals surface area contributed by atoms with E-state index in [9.17, 15) is 4.79 Å². The van der Waals surface area contributed by atoms with Crippen molar-refractivity contribution in [3.8, 4) is 0 Å². The van der Waals surface area contributed by atoms with Gasteiger partial charge in [0.15, 0.2) is 0 Å². The van der Waals surface area contributed by atoms with E-state index in [0.29, 0.717) is 6.54 Å². The minimum atomic E-state index is -0.567. The molecule has 3 N–H and O–H groups in total. The van der Waals surface area contributed by atoms with Gasteiger partial charge in [-0.15, -0.1) is 0 Å². The lowest BCUT2D eigenvalue weighted by Crippen LogP contribution is -2.42. The normalized spacial score (nSPS) is 17.2. The number of nitrogens with two attached hydrogens (primary N) is 1. The molecule has 0 aromatic heterocycles. The van der Waals surface area contributed by atoms with Crippen LogP contribution in [0.3, 0.4) is 0 Å². The number of hydrogen-bond acceptors (Lipinski definition) is 2. The largest absolute Gasteiger partial charge is 0.350 e. The van der Waals surface area contributed by atoms with Crippen molar-refractivity contribution >= 4 is 5.91 Å². The first-order valence-electron chi connectivity index (χ1n) is 5.23. The van der Waals surface area contributed by atoms with Gasteiger partial charge in [-0.05, 0) is 30.9 Å². The second-order valence-electron chi connectivity index (χ2n) is 4.27. The summed E-state index contributed by atoms with van der Waals surface area (Å²) in [6.45, 7) is 2.61. The summed E-state index contributed by atoms with van der Waals surface area (Å²) in [5.41, 5.74) is 7.56. The maximum atomic E-state index is 11.6. The molecule has 3 heteroatoms. The molecule has 15 heavy (non-hydrogen) atoms. The highest BCUT2D eigenvalue weighted by atomic mass is 16.2. The Kier molecular flexibility index (Phi) is 2.49. The zero-order chi connectivity index (χ0) is 10.9. The first kappa shape index (κ1) is 10.2. The number of aryl methyl sites for hydroxylation is 1. The number of carbonyl (C=O) groups is 1. The second kappa shape index (κ2) is 3.66. The van der Waals surface area contributed by atoms with Gasteiger partial charge in [0.25, 0.3) is 0 Å². The third kappa shape index (κ3) is 2.18. The number of carbonyl (C=O) groups excluding carboxylic acids is 1. The highest BCUT2D eigenvalue weighted by Crippen LogP contribution is 2.32. The Morgan fingerprint density at radius 3 is 2.73 bits per heavy atom. The van der Waals surface area contributed by atoms with Crippen LogP contribution < -0.4 is 11.1 Å². The SMILES string of the molecule is Cc1ccccc1CNC(=O)C1(N)CC1. The second-order valence-corrected chi connectivity index (χ2v) is 4.27. The Morgan fingerprint density at radius 1 is 1.47 bits per heavy atom. The van der Waals surface area contributed by atoms with Crippen LogP contribution in [-0.4, -0.2) is 11.4 Å². The lowest BCUT2D eigenvalue weighted by atomic mass is 10.1. The molecule has 1 amide bonds. The van der Waals surface area contributed by atoms with Gasteiger partial charge in [-0.25, -0.2) is 0 Å². The van der Waals surface area contributed by atoms with E-state index in [2.05, 4.69) is 5.32 Å². The molecule has 0 radical (unpaired) electrons. The van der Waals surface area contributed by atoms with Gasteiger partial charge >= 0.3 is 0 Å². The van der Waals surface area contributed by atoms with Gasteiger partial charge in [0.2, 0.25) is 5.91 Å². The average Bonchev–Trinajstić information content (AvgIpc) is 2.96. The summed E-state index contributed by atoms with van der Waals surface area (Å²) in [7, 11) is 0. The Labute approximate surface area is 89.7 Å². The fraction of sp³-hybridized carbons (Fsp3) is 0.417. The van der Waals surface area contributed by atoms with Crippen molar-refractivity contribution in [2.24, 2.45) is 5.73 Å². The molecule has 1 aliphatic rings. The zero-order valence-corrected chi connectivity index (χ0v) is 8.92. The van der Waals surface area contributed by atoms with E-state index in [4.69, 9.17) is 5.73 Å². The summed E-state index contributed by atoms with van der Waals surface area (Å²) in [6.07, 6.45) is 1.62. The molecule has 0 aliphatic heterocycles. The molecule has 0 saturated heterocycles. The number of hydrogen-bond donors (Lipinski definition) is 2. The van der Waals surface area contributed by atoms with Crippen molar-refractivity contribution in [1.82, 2.24) is 5.32 Å². The van der Waals surface area contributed by atoms with Crippen LogP contribution in [0.25, 0.3) is 0 Å². The van der Waals surface area contributed by atoms with Crippen LogP contribution in [-0.2, 0) is 11.3 Å². The molecule has 0 spiro atoms. The molecule has 80 valence electrons. The van der Waals surface area contributed by atoms with E-state index in [1.165, 1.54) is 5.56 Å². The lowest BCUT2D eigenvalue weighted by molar-refractivity contribution is -0.123. The molecule has 1 saturated carbocycles. The van der Waals surface area contributed by atoms with Crippen molar-refractivity contribution in [2.45, 2.75) is 31.8 Å². The molecule has 1 aromatic carbocycles. The summed E-state index contributed by atoms with van der Waals surface area (Å²) in [5, 5.41) is 2.88. The average molecular weight is 204 g/mol. The van der Waals surface area contributed by atoms with Crippen LogP contribution in [0.15, 0.2) is 24.3 Å². The quantitative estimate of drug-likeness (QED) is 0.774. The molecule has 0 heterocycles. The van der Waals surface area contributed by atoms with E-state index in [0.717, 1.165) is 18.4 Å². The third-order valence-corrected chi connectivity index (χ3v) is 2.94. The lowest BCUT2D eigenvalue weighted by Gasteiger charge is -2.11. The van der Waals surface area contributed by atoms with Crippen molar-refractivity contribution < 1.29 is 4.79 Å². The predicted molar refractivity (Wildman–Crippen MR) is 59.2 cm³/mol. The Bertz CT molecular complexity index is 383. The fourth-order valence-electron chi connectivity index (χ4n) is 1.52. The van der Waals surface area contributed by atoms with Gasteiger partial charge in [-0.2, -0.15) is 0 Å². The van der Waals surface area contributed by atoms with Crippen LogP contribution in [0.5, 0.6) is 0 Å². The van der Waals surface area contributed by atoms with Gasteiger partial charge in [0.1, 0.15) is 0 Å². The molecule has 0 unspecified atom stereocenters. The number of amides is 1. The topological polar surface area (TPSA) is 55.1 Å². The van der Waals surface area contributed by atoms with E-state index in [1.54, 1.807) is 0 Å². The van der Waals surface area contributed by atoms with Gasteiger partial charge in [0.05, 0.1) is 5.54 Å². The molecule has 1 aromatic rings. The third-order valence-electron chi connectivity index (χ3n) is 2.94. The summed E-state index contributed by atoms with van der Waals surface area (Å²) in [4.78, 5) is 11.6. The van der Waals surface area contributed by atoms with Crippen molar-refractivity contribution in [3.63, 3.8) is 0 Å². The Hall–Kier alpha value is -1.35. The van der Waals surface area contributed by atoms with Gasteiger partial charge in [0, 0.05) is 6.54 Å². The molecular weight excluding hydrogens is 188 g/mol. The maximum absolute atomic E-state index is 11.6. The van der Waals surface area contributed by atoms with Crippen LogP contribution in [0.4, 0.5) is 0 Å². The van der Waals surface area contributed by atoms with Gasteiger partial charge in [-0.1, -0.05) is 24.3 Å². The highest BCUT2D eigenvalue weighted by molar-refractivity contribution is 5.88. The van der Waals surface area contributed by atoms with Crippen LogP contribution in [0, 0.1) is 6.92 Å². The summed E-state index contributed by atoms with van der Waals surface area (Å²) in [5.74, 6) is -0.0225. The minimum Gasteiger partial charge on any atom is -0.350 e. The predicted octanol–water partition coefficient (Wildman–Crippen LogP) is 1.10. The van der Waals surface area contributed by atoms with E-state index in [-0.39, 0.29) is 5.91 Å². The molecule has 0 bridgehead atoms. The standard InChI is InChI=1S/C12H16N2O/c1-9-4-2-3-5-10(9)8-14-11(15)12(13)6-7-12/h2-5H,6-8,13H2,1H3,(H,14,15). The van der Waals surface area contributed by atoms with Crippen LogP contribution in [0.1, 0.15) is 24.0 Å². The monoisotopic (exact) mass is 204 g/mol. The van der Waals surface area contributed by atoms with Crippen molar-refractivity contribution in [1.29, 1.82) is 0 Å². The van der Waals surface area contributed by atoms with Crippen LogP contribution in [0.2, 0.25) is 0 Å². The minimum absolute atomic E-state index is 0.0225. The Balaban J connectivity index is 1.93. The van der Waals surface area contributed by atoms with Gasteiger partial charge in [-0.3, -0.25) is 4.79 Å². The van der Waals surface area contributed by atoms with Crippen molar-refractivity contribution in [3.05, 3.63) is 35.4 Å². The molecule has 1 aliphatic carbocycles. The van der Waals surface area contributed by atoms with Gasteiger partial charge < -0.3 is 11.1 Å². The first-order chi connectivity index (χ1) is 7.12. The molecular formula is C12H16N2O. The van der Waals surface area contributed by atoms with E-state index < -0.39 is 5.54 Å². The molecule has 3 nitrogen and oxygen atoms in total. The zero-order valence-electron chi connectivity index (χ0n) is 8.92. The van der Waals surface area contributed by atoms with Crippen molar-refractivity contribution in [2.75, 3.05) is 0 Å². The number of benzene rings is 1. The Morgan fingerprint density at radius 2 is 2.13 bits per heavy atom. The highest BCUT2D eigenvalue weighted by Gasteiger charge is 2.45. The molecule has 2 rings (SSSR count). The van der Waals surface area contributed by atoms with E-state index >= 15 is 0 Å². The summed E-state index contributed by atoms with van der Waals surface area (Å²) < 4.78 is 0. The number of rotatable bonds is 3. The van der Waals surface area contributed by atoms with E-state index in [1.807, 2.05) is 31.2 Å². The number of nitrogens with one attached hydrogen (secondary N) is 1. The molecule has 1 fully saturated rings. The first-order valence-corrected chi connectivity index (χ1v) is 5.23. The maximum Gasteiger partial charge on any atom is 0.240 e.